The van der Waals surface area contributed by atoms with Gasteiger partial charge in [0.25, 0.3) is 10.0 Å². The van der Waals surface area contributed by atoms with E-state index in [0.717, 1.165) is 17.7 Å². The molecule has 2 aromatic carbocycles. The quantitative estimate of drug-likeness (QED) is 0.852. The van der Waals surface area contributed by atoms with Crippen LogP contribution in [0.15, 0.2) is 47.4 Å². The van der Waals surface area contributed by atoms with Gasteiger partial charge in [-0.15, -0.1) is 0 Å². The van der Waals surface area contributed by atoms with Gasteiger partial charge in [-0.3, -0.25) is 4.72 Å². The molecule has 0 aliphatic heterocycles. The van der Waals surface area contributed by atoms with E-state index >= 15 is 0 Å². The molecule has 0 unspecified atom stereocenters. The van der Waals surface area contributed by atoms with E-state index < -0.39 is 20.7 Å². The number of nitrogen functional groups attached to an aromatic ring is 1. The summed E-state index contributed by atoms with van der Waals surface area (Å²) in [6, 6.07) is 10.4. The molecule has 0 amide bonds. The van der Waals surface area contributed by atoms with Crippen LogP contribution in [0.4, 0.5) is 15.8 Å². The molecule has 0 aliphatic carbocycles. The van der Waals surface area contributed by atoms with Gasteiger partial charge in [-0.25, -0.2) is 12.8 Å². The van der Waals surface area contributed by atoms with Crippen molar-refractivity contribution in [2.45, 2.75) is 18.2 Å². The minimum atomic E-state index is -4.00. The van der Waals surface area contributed by atoms with Crippen molar-refractivity contribution in [1.82, 2.24) is 0 Å². The van der Waals surface area contributed by atoms with Gasteiger partial charge in [-0.05, 0) is 36.2 Å². The number of nitrogens with two attached hydrogens (primary N) is 1. The SMILES string of the molecule is CCc1ccccc1NS(=O)(=O)c1cc(N)ccc1F. The Morgan fingerprint density at radius 3 is 2.60 bits per heavy atom. The zero-order valence-electron chi connectivity index (χ0n) is 10.9. The molecule has 2 rings (SSSR count). The number of rotatable bonds is 4. The largest absolute Gasteiger partial charge is 0.399 e. The van der Waals surface area contributed by atoms with Gasteiger partial charge in [0, 0.05) is 5.69 Å². The summed E-state index contributed by atoms with van der Waals surface area (Å²) >= 11 is 0. The molecule has 106 valence electrons. The molecule has 0 atom stereocenters. The summed E-state index contributed by atoms with van der Waals surface area (Å²) in [6.07, 6.45) is 0.665. The van der Waals surface area contributed by atoms with Crippen molar-refractivity contribution >= 4 is 21.4 Å². The molecule has 2 aromatic rings. The van der Waals surface area contributed by atoms with Gasteiger partial charge in [0.05, 0.1) is 5.69 Å². The summed E-state index contributed by atoms with van der Waals surface area (Å²) in [5, 5.41) is 0. The number of para-hydroxylation sites is 1. The topological polar surface area (TPSA) is 72.2 Å². The number of hydrogen-bond donors (Lipinski definition) is 2. The van der Waals surface area contributed by atoms with Gasteiger partial charge in [-0.1, -0.05) is 25.1 Å². The number of halogens is 1. The van der Waals surface area contributed by atoms with Crippen molar-refractivity contribution in [3.63, 3.8) is 0 Å². The van der Waals surface area contributed by atoms with E-state index in [-0.39, 0.29) is 5.69 Å². The molecule has 0 bridgehead atoms. The molecule has 0 aromatic heterocycles. The number of benzene rings is 2. The van der Waals surface area contributed by atoms with Crippen molar-refractivity contribution < 1.29 is 12.8 Å². The summed E-state index contributed by atoms with van der Waals surface area (Å²) in [5.74, 6) is -0.833. The Morgan fingerprint density at radius 1 is 1.20 bits per heavy atom. The standard InChI is InChI=1S/C14H15FN2O2S/c1-2-10-5-3-4-6-13(10)17-20(18,19)14-9-11(16)7-8-12(14)15/h3-9,17H,2,16H2,1H3. The summed E-state index contributed by atoms with van der Waals surface area (Å²) in [4.78, 5) is -0.455. The Kier molecular flexibility index (Phi) is 3.94. The van der Waals surface area contributed by atoms with Gasteiger partial charge < -0.3 is 5.73 Å². The molecule has 6 heteroatoms. The van der Waals surface area contributed by atoms with Gasteiger partial charge in [0.15, 0.2) is 0 Å². The Hall–Kier alpha value is -2.08. The van der Waals surface area contributed by atoms with E-state index in [4.69, 9.17) is 5.73 Å². The summed E-state index contributed by atoms with van der Waals surface area (Å²) in [6.45, 7) is 1.91. The Morgan fingerprint density at radius 2 is 1.90 bits per heavy atom. The summed E-state index contributed by atoms with van der Waals surface area (Å²) in [5.41, 5.74) is 6.98. The van der Waals surface area contributed by atoms with Gasteiger partial charge in [-0.2, -0.15) is 0 Å². The van der Waals surface area contributed by atoms with Crippen molar-refractivity contribution in [2.75, 3.05) is 10.5 Å². The van der Waals surface area contributed by atoms with Crippen molar-refractivity contribution in [3.05, 3.63) is 53.8 Å². The van der Waals surface area contributed by atoms with E-state index in [2.05, 4.69) is 4.72 Å². The summed E-state index contributed by atoms with van der Waals surface area (Å²) < 4.78 is 40.5. The third-order valence-electron chi connectivity index (χ3n) is 2.89. The van der Waals surface area contributed by atoms with E-state index in [1.807, 2.05) is 19.1 Å². The van der Waals surface area contributed by atoms with Crippen LogP contribution in [0.5, 0.6) is 0 Å². The predicted octanol–water partition coefficient (Wildman–Crippen LogP) is 2.77. The predicted molar refractivity (Wildman–Crippen MR) is 77.4 cm³/mol. The first-order chi connectivity index (χ1) is 9.44. The third-order valence-corrected chi connectivity index (χ3v) is 4.27. The molecule has 0 saturated carbocycles. The van der Waals surface area contributed by atoms with Crippen LogP contribution >= 0.6 is 0 Å². The first kappa shape index (κ1) is 14.3. The number of sulfonamides is 1. The van der Waals surface area contributed by atoms with Crippen LogP contribution in [0.3, 0.4) is 0 Å². The number of aryl methyl sites for hydroxylation is 1. The average Bonchev–Trinajstić information content (AvgIpc) is 2.41. The minimum Gasteiger partial charge on any atom is -0.399 e. The van der Waals surface area contributed by atoms with Crippen molar-refractivity contribution in [2.24, 2.45) is 0 Å². The van der Waals surface area contributed by atoms with Gasteiger partial charge in [0.1, 0.15) is 10.7 Å². The summed E-state index contributed by atoms with van der Waals surface area (Å²) in [7, 11) is -4.00. The Bertz CT molecular complexity index is 730. The van der Waals surface area contributed by atoms with Crippen LogP contribution < -0.4 is 10.5 Å². The smallest absolute Gasteiger partial charge is 0.264 e. The van der Waals surface area contributed by atoms with Crippen LogP contribution in [0.1, 0.15) is 12.5 Å². The fourth-order valence-corrected chi connectivity index (χ4v) is 3.07. The molecule has 3 N–H and O–H groups in total. The maximum atomic E-state index is 13.7. The molecule has 20 heavy (non-hydrogen) atoms. The molecule has 0 radical (unpaired) electrons. The Labute approximate surface area is 117 Å². The highest BCUT2D eigenvalue weighted by Gasteiger charge is 2.20. The number of hydrogen-bond acceptors (Lipinski definition) is 3. The van der Waals surface area contributed by atoms with Crippen LogP contribution in [0, 0.1) is 5.82 Å². The van der Waals surface area contributed by atoms with Crippen molar-refractivity contribution in [1.29, 1.82) is 0 Å². The first-order valence-corrected chi connectivity index (χ1v) is 7.58. The lowest BCUT2D eigenvalue weighted by Gasteiger charge is -2.12. The van der Waals surface area contributed by atoms with E-state index in [9.17, 15) is 12.8 Å². The average molecular weight is 294 g/mol. The van der Waals surface area contributed by atoms with Gasteiger partial charge in [0.2, 0.25) is 0 Å². The van der Waals surface area contributed by atoms with Crippen LogP contribution in [-0.4, -0.2) is 8.42 Å². The van der Waals surface area contributed by atoms with Crippen LogP contribution in [0.25, 0.3) is 0 Å². The monoisotopic (exact) mass is 294 g/mol. The van der Waals surface area contributed by atoms with Gasteiger partial charge >= 0.3 is 0 Å². The second kappa shape index (κ2) is 5.50. The lowest BCUT2D eigenvalue weighted by Crippen LogP contribution is -2.16. The molecule has 0 fully saturated rings. The fourth-order valence-electron chi connectivity index (χ4n) is 1.85. The second-order valence-corrected chi connectivity index (χ2v) is 5.96. The zero-order valence-corrected chi connectivity index (χ0v) is 11.7. The molecular weight excluding hydrogens is 279 g/mol. The fraction of sp³-hybridized carbons (Fsp3) is 0.143. The molecular formula is C14H15FN2O2S. The normalized spacial score (nSPS) is 11.3. The maximum Gasteiger partial charge on any atom is 0.264 e. The first-order valence-electron chi connectivity index (χ1n) is 6.10. The highest BCUT2D eigenvalue weighted by atomic mass is 32.2. The molecule has 0 saturated heterocycles. The molecule has 0 aliphatic rings. The zero-order chi connectivity index (χ0) is 14.8. The third kappa shape index (κ3) is 2.91. The van der Waals surface area contributed by atoms with Crippen LogP contribution in [0.2, 0.25) is 0 Å². The minimum absolute atomic E-state index is 0.190. The molecule has 0 heterocycles. The van der Waals surface area contributed by atoms with E-state index in [1.165, 1.54) is 6.07 Å². The Balaban J connectivity index is 2.43. The maximum absolute atomic E-state index is 13.7. The molecule has 4 nitrogen and oxygen atoms in total. The van der Waals surface area contributed by atoms with E-state index in [1.54, 1.807) is 12.1 Å². The lowest BCUT2D eigenvalue weighted by atomic mass is 10.1. The molecule has 0 spiro atoms. The second-order valence-electron chi connectivity index (χ2n) is 4.31. The number of nitrogens with one attached hydrogen (secondary N) is 1. The highest BCUT2D eigenvalue weighted by Crippen LogP contribution is 2.23. The lowest BCUT2D eigenvalue weighted by molar-refractivity contribution is 0.570. The van der Waals surface area contributed by atoms with Crippen molar-refractivity contribution in [3.8, 4) is 0 Å². The highest BCUT2D eigenvalue weighted by molar-refractivity contribution is 7.92. The van der Waals surface area contributed by atoms with E-state index in [0.29, 0.717) is 12.1 Å². The number of anilines is 2. The van der Waals surface area contributed by atoms with Crippen LogP contribution in [-0.2, 0) is 16.4 Å².